The highest BCUT2D eigenvalue weighted by Gasteiger charge is 2.12. The van der Waals surface area contributed by atoms with Gasteiger partial charge in [0.05, 0.1) is 18.5 Å². The fourth-order valence-electron chi connectivity index (χ4n) is 1.79. The van der Waals surface area contributed by atoms with Gasteiger partial charge < -0.3 is 20.0 Å². The number of H-pyrrole nitrogens is 1. The monoisotopic (exact) mass is 256 g/mol. The molecular formula is C13H12N4O2. The van der Waals surface area contributed by atoms with E-state index in [-0.39, 0.29) is 0 Å². The number of ether oxygens (including phenoxy) is 1. The number of hydrogen-bond acceptors (Lipinski definition) is 5. The van der Waals surface area contributed by atoms with Crippen molar-refractivity contribution < 1.29 is 9.26 Å². The van der Waals surface area contributed by atoms with Crippen LogP contribution in [0, 0.1) is 0 Å². The topological polar surface area (TPSA) is 90.0 Å². The number of nitrogens with zero attached hydrogens (tertiary/aromatic N) is 2. The van der Waals surface area contributed by atoms with E-state index in [0.717, 1.165) is 11.3 Å². The summed E-state index contributed by atoms with van der Waals surface area (Å²) >= 11 is 0. The summed E-state index contributed by atoms with van der Waals surface area (Å²) in [6.07, 6.45) is 1.80. The van der Waals surface area contributed by atoms with E-state index in [0.29, 0.717) is 23.2 Å². The number of nitrogens with one attached hydrogen (secondary N) is 1. The summed E-state index contributed by atoms with van der Waals surface area (Å²) in [7, 11) is 1.57. The summed E-state index contributed by atoms with van der Waals surface area (Å²) in [5.74, 6) is 1.54. The molecule has 0 amide bonds. The Morgan fingerprint density at radius 3 is 2.89 bits per heavy atom. The van der Waals surface area contributed by atoms with Gasteiger partial charge in [-0.25, -0.2) is 0 Å². The van der Waals surface area contributed by atoms with Crippen molar-refractivity contribution in [2.24, 2.45) is 0 Å². The smallest absolute Gasteiger partial charge is 0.258 e. The molecular weight excluding hydrogens is 244 g/mol. The average molecular weight is 256 g/mol. The molecule has 0 atom stereocenters. The van der Waals surface area contributed by atoms with Gasteiger partial charge in [0.25, 0.3) is 5.89 Å². The molecule has 6 nitrogen and oxygen atoms in total. The second-order valence-electron chi connectivity index (χ2n) is 3.96. The van der Waals surface area contributed by atoms with Gasteiger partial charge in [-0.05, 0) is 30.3 Å². The van der Waals surface area contributed by atoms with Crippen LogP contribution in [0.5, 0.6) is 5.75 Å². The maximum atomic E-state index is 5.85. The summed E-state index contributed by atoms with van der Waals surface area (Å²) in [4.78, 5) is 7.33. The van der Waals surface area contributed by atoms with Crippen LogP contribution in [0.2, 0.25) is 0 Å². The Morgan fingerprint density at radius 2 is 2.21 bits per heavy atom. The fourth-order valence-corrected chi connectivity index (χ4v) is 1.79. The SMILES string of the molecule is COc1ccc(-c2nc(-c3ccc[nH]3)no2)cc1N. The van der Waals surface area contributed by atoms with Crippen molar-refractivity contribution in [2.45, 2.75) is 0 Å². The molecule has 0 saturated carbocycles. The van der Waals surface area contributed by atoms with E-state index in [1.807, 2.05) is 18.2 Å². The Hall–Kier alpha value is -2.76. The van der Waals surface area contributed by atoms with E-state index in [9.17, 15) is 0 Å². The van der Waals surface area contributed by atoms with Crippen LogP contribution in [0.15, 0.2) is 41.1 Å². The van der Waals surface area contributed by atoms with Crippen LogP contribution >= 0.6 is 0 Å². The van der Waals surface area contributed by atoms with E-state index in [1.54, 1.807) is 25.4 Å². The zero-order chi connectivity index (χ0) is 13.2. The minimum Gasteiger partial charge on any atom is -0.495 e. The Bertz CT molecular complexity index is 688. The van der Waals surface area contributed by atoms with Crippen LogP contribution < -0.4 is 10.5 Å². The molecule has 0 saturated heterocycles. The molecule has 0 fully saturated rings. The van der Waals surface area contributed by atoms with Crippen molar-refractivity contribution in [1.82, 2.24) is 15.1 Å². The minimum atomic E-state index is 0.416. The molecule has 0 aliphatic heterocycles. The molecule has 1 aromatic carbocycles. The lowest BCUT2D eigenvalue weighted by Crippen LogP contribution is -1.92. The number of nitrogens with two attached hydrogens (primary N) is 1. The van der Waals surface area contributed by atoms with Crippen molar-refractivity contribution in [3.05, 3.63) is 36.5 Å². The summed E-state index contributed by atoms with van der Waals surface area (Å²) < 4.78 is 10.3. The van der Waals surface area contributed by atoms with Crippen LogP contribution in [0.3, 0.4) is 0 Å². The molecule has 96 valence electrons. The van der Waals surface area contributed by atoms with Crippen LogP contribution in [0.4, 0.5) is 5.69 Å². The van der Waals surface area contributed by atoms with Gasteiger partial charge in [-0.15, -0.1) is 0 Å². The molecule has 6 heteroatoms. The number of aromatic nitrogens is 3. The lowest BCUT2D eigenvalue weighted by atomic mass is 10.2. The first-order valence-electron chi connectivity index (χ1n) is 5.69. The number of rotatable bonds is 3. The van der Waals surface area contributed by atoms with E-state index in [4.69, 9.17) is 15.0 Å². The standard InChI is InChI=1S/C13H12N4O2/c1-18-11-5-4-8(7-9(11)14)13-16-12(17-19-13)10-3-2-6-15-10/h2-7,15H,14H2,1H3. The summed E-state index contributed by atoms with van der Waals surface area (Å²) in [6.45, 7) is 0. The highest BCUT2D eigenvalue weighted by atomic mass is 16.5. The van der Waals surface area contributed by atoms with Crippen molar-refractivity contribution in [3.63, 3.8) is 0 Å². The van der Waals surface area contributed by atoms with Crippen LogP contribution in [-0.2, 0) is 0 Å². The molecule has 2 aromatic heterocycles. The summed E-state index contributed by atoms with van der Waals surface area (Å²) in [5.41, 5.74) is 7.93. The normalized spacial score (nSPS) is 10.6. The Balaban J connectivity index is 1.97. The lowest BCUT2D eigenvalue weighted by Gasteiger charge is -2.04. The molecule has 0 radical (unpaired) electrons. The number of anilines is 1. The number of methoxy groups -OCH3 is 1. The molecule has 0 aliphatic carbocycles. The van der Waals surface area contributed by atoms with Gasteiger partial charge in [-0.1, -0.05) is 5.16 Å². The molecule has 0 aliphatic rings. The van der Waals surface area contributed by atoms with E-state index >= 15 is 0 Å². The first kappa shape index (κ1) is 11.3. The van der Waals surface area contributed by atoms with Gasteiger partial charge in [0, 0.05) is 11.8 Å². The van der Waals surface area contributed by atoms with Gasteiger partial charge in [0.15, 0.2) is 0 Å². The minimum absolute atomic E-state index is 0.416. The molecule has 3 rings (SSSR count). The first-order valence-corrected chi connectivity index (χ1v) is 5.69. The van der Waals surface area contributed by atoms with Crippen molar-refractivity contribution >= 4 is 5.69 Å². The third-order valence-corrected chi connectivity index (χ3v) is 2.74. The van der Waals surface area contributed by atoms with Crippen LogP contribution in [0.1, 0.15) is 0 Å². The predicted octanol–water partition coefficient (Wildman–Crippen LogP) is 2.32. The Morgan fingerprint density at radius 1 is 1.32 bits per heavy atom. The average Bonchev–Trinajstić information content (AvgIpc) is 3.09. The van der Waals surface area contributed by atoms with E-state index in [1.165, 1.54) is 0 Å². The number of aromatic amines is 1. The second kappa shape index (κ2) is 4.49. The highest BCUT2D eigenvalue weighted by molar-refractivity contribution is 5.66. The van der Waals surface area contributed by atoms with Crippen molar-refractivity contribution in [1.29, 1.82) is 0 Å². The largest absolute Gasteiger partial charge is 0.495 e. The van der Waals surface area contributed by atoms with Crippen LogP contribution in [0.25, 0.3) is 23.0 Å². The Labute approximate surface area is 109 Å². The Kier molecular flexibility index (Phi) is 2.68. The predicted molar refractivity (Wildman–Crippen MR) is 70.5 cm³/mol. The van der Waals surface area contributed by atoms with Gasteiger partial charge >= 0.3 is 0 Å². The molecule has 19 heavy (non-hydrogen) atoms. The van der Waals surface area contributed by atoms with Gasteiger partial charge in [-0.2, -0.15) is 4.98 Å². The maximum Gasteiger partial charge on any atom is 0.258 e. The molecule has 0 spiro atoms. The number of nitrogen functional groups attached to an aromatic ring is 1. The zero-order valence-electron chi connectivity index (χ0n) is 10.3. The van der Waals surface area contributed by atoms with Crippen molar-refractivity contribution in [3.8, 4) is 28.7 Å². The van der Waals surface area contributed by atoms with Crippen LogP contribution in [-0.4, -0.2) is 22.2 Å². The second-order valence-corrected chi connectivity index (χ2v) is 3.96. The van der Waals surface area contributed by atoms with E-state index in [2.05, 4.69) is 15.1 Å². The fraction of sp³-hybridized carbons (Fsp3) is 0.0769. The lowest BCUT2D eigenvalue weighted by molar-refractivity contribution is 0.416. The summed E-state index contributed by atoms with van der Waals surface area (Å²) in [5, 5.41) is 3.92. The van der Waals surface area contributed by atoms with E-state index < -0.39 is 0 Å². The molecule has 3 N–H and O–H groups in total. The van der Waals surface area contributed by atoms with Crippen molar-refractivity contribution in [2.75, 3.05) is 12.8 Å². The third-order valence-electron chi connectivity index (χ3n) is 2.74. The zero-order valence-corrected chi connectivity index (χ0v) is 10.3. The first-order chi connectivity index (χ1) is 9.28. The van der Waals surface area contributed by atoms with Gasteiger partial charge in [0.2, 0.25) is 5.82 Å². The summed E-state index contributed by atoms with van der Waals surface area (Å²) in [6, 6.07) is 9.07. The number of benzene rings is 1. The van der Waals surface area contributed by atoms with Gasteiger partial charge in [-0.3, -0.25) is 0 Å². The number of hydrogen-bond donors (Lipinski definition) is 2. The molecule has 0 unspecified atom stereocenters. The molecule has 0 bridgehead atoms. The molecule has 3 aromatic rings. The van der Waals surface area contributed by atoms with Gasteiger partial charge in [0.1, 0.15) is 5.75 Å². The highest BCUT2D eigenvalue weighted by Crippen LogP contribution is 2.28. The quantitative estimate of drug-likeness (QED) is 0.702. The maximum absolute atomic E-state index is 5.85. The third kappa shape index (κ3) is 2.03. The molecule has 2 heterocycles.